The minimum Gasteiger partial charge on any atom is -0.325 e. The number of hydrogen-bond acceptors (Lipinski definition) is 4. The maximum absolute atomic E-state index is 12.9. The number of hydrogen-bond donors (Lipinski definition) is 2. The lowest BCUT2D eigenvalue weighted by molar-refractivity contribution is -0.113. The van der Waals surface area contributed by atoms with Gasteiger partial charge in [-0.2, -0.15) is 0 Å². The van der Waals surface area contributed by atoms with Crippen molar-refractivity contribution in [3.8, 4) is 0 Å². The predicted octanol–water partition coefficient (Wildman–Crippen LogP) is 4.36. The van der Waals surface area contributed by atoms with Crippen molar-refractivity contribution >= 4 is 39.1 Å². The van der Waals surface area contributed by atoms with Crippen LogP contribution in [0.25, 0.3) is 0 Å². The minimum absolute atomic E-state index is 0.0356. The lowest BCUT2D eigenvalue weighted by Gasteiger charge is -2.09. The van der Waals surface area contributed by atoms with Gasteiger partial charge in [0.05, 0.1) is 10.6 Å². The summed E-state index contributed by atoms with van der Waals surface area (Å²) in [5.74, 6) is -0.390. The molecular weight excluding hydrogens is 399 g/mol. The van der Waals surface area contributed by atoms with Crippen LogP contribution in [0.4, 0.5) is 15.8 Å². The van der Waals surface area contributed by atoms with E-state index in [1.807, 2.05) is 30.3 Å². The Balaban J connectivity index is 1.59. The van der Waals surface area contributed by atoms with E-state index in [2.05, 4.69) is 10.0 Å². The van der Waals surface area contributed by atoms with E-state index in [4.69, 9.17) is 0 Å². The van der Waals surface area contributed by atoms with Crippen LogP contribution in [0.15, 0.2) is 88.7 Å². The first-order valence-electron chi connectivity index (χ1n) is 8.28. The first-order chi connectivity index (χ1) is 13.4. The molecule has 0 radical (unpaired) electrons. The SMILES string of the molecule is O=C(CSc1ccccc1)Nc1ccc(S(=O)(=O)Nc2ccc(F)cc2)cc1. The zero-order valence-corrected chi connectivity index (χ0v) is 16.3. The second-order valence-electron chi connectivity index (χ2n) is 5.79. The van der Waals surface area contributed by atoms with E-state index in [0.29, 0.717) is 5.69 Å². The molecule has 0 saturated heterocycles. The standard InChI is InChI=1S/C20H17FN2O3S2/c21-15-6-8-17(9-7-15)23-28(25,26)19-12-10-16(11-13-19)22-20(24)14-27-18-4-2-1-3-5-18/h1-13,23H,14H2,(H,22,24). The Hall–Kier alpha value is -2.84. The van der Waals surface area contributed by atoms with Gasteiger partial charge in [-0.15, -0.1) is 11.8 Å². The monoisotopic (exact) mass is 416 g/mol. The number of anilines is 2. The Morgan fingerprint density at radius 1 is 0.857 bits per heavy atom. The minimum atomic E-state index is -3.81. The first kappa shape index (κ1) is 19.9. The van der Waals surface area contributed by atoms with Crippen LogP contribution in [0, 0.1) is 5.82 Å². The summed E-state index contributed by atoms with van der Waals surface area (Å²) in [6.45, 7) is 0. The molecule has 0 aliphatic rings. The molecule has 28 heavy (non-hydrogen) atoms. The van der Waals surface area contributed by atoms with Crippen molar-refractivity contribution in [3.05, 3.63) is 84.7 Å². The maximum atomic E-state index is 12.9. The molecule has 3 aromatic rings. The molecule has 0 unspecified atom stereocenters. The lowest BCUT2D eigenvalue weighted by Crippen LogP contribution is -2.15. The summed E-state index contributed by atoms with van der Waals surface area (Å²) in [4.78, 5) is 13.1. The van der Waals surface area contributed by atoms with Crippen LogP contribution >= 0.6 is 11.8 Å². The Kier molecular flexibility index (Phi) is 6.33. The number of carbonyl (C=O) groups is 1. The molecule has 0 saturated carbocycles. The van der Waals surface area contributed by atoms with Crippen LogP contribution in [0.3, 0.4) is 0 Å². The van der Waals surface area contributed by atoms with E-state index in [9.17, 15) is 17.6 Å². The van der Waals surface area contributed by atoms with Crippen molar-refractivity contribution in [2.45, 2.75) is 9.79 Å². The molecule has 0 atom stereocenters. The fourth-order valence-corrected chi connectivity index (χ4v) is 4.09. The van der Waals surface area contributed by atoms with Crippen LogP contribution in [0.5, 0.6) is 0 Å². The van der Waals surface area contributed by atoms with Crippen molar-refractivity contribution < 1.29 is 17.6 Å². The summed E-state index contributed by atoms with van der Waals surface area (Å²) >= 11 is 1.41. The Bertz CT molecular complexity index is 1040. The number of carbonyl (C=O) groups excluding carboxylic acids is 1. The van der Waals surface area contributed by atoms with Crippen molar-refractivity contribution in [3.63, 3.8) is 0 Å². The summed E-state index contributed by atoms with van der Waals surface area (Å²) in [6.07, 6.45) is 0. The highest BCUT2D eigenvalue weighted by Gasteiger charge is 2.14. The molecule has 1 amide bonds. The topological polar surface area (TPSA) is 75.3 Å². The van der Waals surface area contributed by atoms with Gasteiger partial charge in [-0.3, -0.25) is 9.52 Å². The second kappa shape index (κ2) is 8.90. The van der Waals surface area contributed by atoms with E-state index in [0.717, 1.165) is 4.90 Å². The third-order valence-corrected chi connectivity index (χ3v) is 6.07. The smallest absolute Gasteiger partial charge is 0.261 e. The Morgan fingerprint density at radius 3 is 2.11 bits per heavy atom. The highest BCUT2D eigenvalue weighted by Crippen LogP contribution is 2.20. The van der Waals surface area contributed by atoms with Gasteiger partial charge in [-0.25, -0.2) is 12.8 Å². The summed E-state index contributed by atoms with van der Waals surface area (Å²) in [5, 5.41) is 2.73. The Labute approximate surface area is 167 Å². The van der Waals surface area contributed by atoms with Crippen LogP contribution in [-0.4, -0.2) is 20.1 Å². The third-order valence-electron chi connectivity index (χ3n) is 3.66. The molecule has 3 rings (SSSR count). The molecule has 0 heterocycles. The van der Waals surface area contributed by atoms with Gasteiger partial charge in [0.2, 0.25) is 5.91 Å². The molecule has 0 bridgehead atoms. The second-order valence-corrected chi connectivity index (χ2v) is 8.52. The molecule has 2 N–H and O–H groups in total. The van der Waals surface area contributed by atoms with Crippen LogP contribution < -0.4 is 10.0 Å². The van der Waals surface area contributed by atoms with E-state index in [-0.39, 0.29) is 22.2 Å². The number of nitrogens with one attached hydrogen (secondary N) is 2. The zero-order chi connectivity index (χ0) is 20.0. The van der Waals surface area contributed by atoms with Gasteiger partial charge in [0.25, 0.3) is 10.0 Å². The first-order valence-corrected chi connectivity index (χ1v) is 10.8. The number of halogens is 1. The lowest BCUT2D eigenvalue weighted by atomic mass is 10.3. The number of thioether (sulfide) groups is 1. The van der Waals surface area contributed by atoms with Gasteiger partial charge in [-0.05, 0) is 60.7 Å². The molecule has 3 aromatic carbocycles. The van der Waals surface area contributed by atoms with Crippen LogP contribution in [0.1, 0.15) is 0 Å². The van der Waals surface area contributed by atoms with Crippen molar-refractivity contribution in [1.29, 1.82) is 0 Å². The van der Waals surface area contributed by atoms with Crippen LogP contribution in [0.2, 0.25) is 0 Å². The maximum Gasteiger partial charge on any atom is 0.261 e. The quantitative estimate of drug-likeness (QED) is 0.561. The highest BCUT2D eigenvalue weighted by molar-refractivity contribution is 8.00. The number of rotatable bonds is 7. The molecule has 5 nitrogen and oxygen atoms in total. The molecule has 0 fully saturated rings. The van der Waals surface area contributed by atoms with E-state index < -0.39 is 15.8 Å². The zero-order valence-electron chi connectivity index (χ0n) is 14.6. The molecule has 144 valence electrons. The Morgan fingerprint density at radius 2 is 1.46 bits per heavy atom. The largest absolute Gasteiger partial charge is 0.325 e. The summed E-state index contributed by atoms with van der Waals surface area (Å²) in [6, 6.07) is 20.4. The average molecular weight is 416 g/mol. The fraction of sp³-hybridized carbons (Fsp3) is 0.0500. The number of amides is 1. The van der Waals surface area contributed by atoms with Gasteiger partial charge >= 0.3 is 0 Å². The molecule has 0 aliphatic carbocycles. The van der Waals surface area contributed by atoms with Gasteiger partial charge in [0.1, 0.15) is 5.82 Å². The highest BCUT2D eigenvalue weighted by atomic mass is 32.2. The molecule has 0 aromatic heterocycles. The van der Waals surface area contributed by atoms with Gasteiger partial charge < -0.3 is 5.32 Å². The summed E-state index contributed by atoms with van der Waals surface area (Å²) in [7, 11) is -3.81. The van der Waals surface area contributed by atoms with Crippen LogP contribution in [-0.2, 0) is 14.8 Å². The van der Waals surface area contributed by atoms with Gasteiger partial charge in [0, 0.05) is 16.3 Å². The van der Waals surface area contributed by atoms with Crippen molar-refractivity contribution in [2.75, 3.05) is 15.8 Å². The van der Waals surface area contributed by atoms with Crippen molar-refractivity contribution in [2.24, 2.45) is 0 Å². The molecule has 0 spiro atoms. The van der Waals surface area contributed by atoms with E-state index >= 15 is 0 Å². The summed E-state index contributed by atoms with van der Waals surface area (Å²) in [5.41, 5.74) is 0.760. The molecule has 8 heteroatoms. The van der Waals surface area contributed by atoms with E-state index in [1.165, 1.54) is 60.3 Å². The average Bonchev–Trinajstić information content (AvgIpc) is 2.69. The van der Waals surface area contributed by atoms with Crippen molar-refractivity contribution in [1.82, 2.24) is 0 Å². The fourth-order valence-electron chi connectivity index (χ4n) is 2.31. The number of benzene rings is 3. The summed E-state index contributed by atoms with van der Waals surface area (Å²) < 4.78 is 40.1. The van der Waals surface area contributed by atoms with E-state index in [1.54, 1.807) is 0 Å². The molecule has 0 aliphatic heterocycles. The van der Waals surface area contributed by atoms with Gasteiger partial charge in [-0.1, -0.05) is 18.2 Å². The normalized spacial score (nSPS) is 11.0. The van der Waals surface area contributed by atoms with Gasteiger partial charge in [0.15, 0.2) is 0 Å². The predicted molar refractivity (Wildman–Crippen MR) is 109 cm³/mol. The number of sulfonamides is 1. The third kappa shape index (κ3) is 5.58. The molecular formula is C20H17FN2O3S2.